The van der Waals surface area contributed by atoms with E-state index >= 15 is 0 Å². The van der Waals surface area contributed by atoms with Crippen molar-refractivity contribution in [1.29, 1.82) is 0 Å². The second-order valence-electron chi connectivity index (χ2n) is 10.3. The molecule has 7 heteroatoms. The minimum Gasteiger partial charge on any atom is -0.382 e. The quantitative estimate of drug-likeness (QED) is 0.580. The van der Waals surface area contributed by atoms with Crippen LogP contribution in [0.1, 0.15) is 65.2 Å². The summed E-state index contributed by atoms with van der Waals surface area (Å²) in [5, 5.41) is 9.52. The SMILES string of the molecule is CC1(C)COC2(CCC(N[C@H]3CC[C@H](Nc4ccnc5cc(Cl)ccc45)CC3)CC2)OO1. The highest BCUT2D eigenvalue weighted by Gasteiger charge is 2.45. The normalized spacial score (nSPS) is 32.8. The van der Waals surface area contributed by atoms with E-state index in [0.717, 1.165) is 47.3 Å². The average Bonchev–Trinajstić information content (AvgIpc) is 2.79. The third-order valence-corrected chi connectivity index (χ3v) is 7.35. The molecule has 5 rings (SSSR count). The van der Waals surface area contributed by atoms with E-state index in [1.807, 2.05) is 32.2 Å². The van der Waals surface area contributed by atoms with Gasteiger partial charge in [-0.1, -0.05) is 11.6 Å². The summed E-state index contributed by atoms with van der Waals surface area (Å²) in [6, 6.07) is 9.60. The number of halogens is 1. The van der Waals surface area contributed by atoms with Gasteiger partial charge in [0, 0.05) is 53.3 Å². The number of ether oxygens (including phenoxy) is 1. The summed E-state index contributed by atoms with van der Waals surface area (Å²) in [7, 11) is 0. The minimum absolute atomic E-state index is 0.359. The maximum Gasteiger partial charge on any atom is 0.201 e. The standard InChI is InChI=1S/C25H34ClN3O3/c1-24(2)16-30-25(32-31-24)12-9-20(10-13-25)28-18-4-6-19(7-5-18)29-22-11-14-27-23-15-17(26)3-8-21(22)23/h3,8,11,14-15,18-20,28H,4-7,9-10,12-13,16H2,1-2H3,(H,27,29)/t18-,19-,20?,25?. The summed E-state index contributed by atoms with van der Waals surface area (Å²) >= 11 is 6.13. The van der Waals surface area contributed by atoms with Crippen LogP contribution in [0.15, 0.2) is 30.5 Å². The Balaban J connectivity index is 1.09. The molecule has 1 aromatic heterocycles. The number of fused-ring (bicyclic) bond motifs is 1. The van der Waals surface area contributed by atoms with Gasteiger partial charge in [0.1, 0.15) is 5.60 Å². The van der Waals surface area contributed by atoms with Gasteiger partial charge in [-0.15, -0.1) is 0 Å². The highest BCUT2D eigenvalue weighted by Crippen LogP contribution is 2.38. The van der Waals surface area contributed by atoms with Crippen LogP contribution in [0, 0.1) is 0 Å². The number of hydrogen-bond donors (Lipinski definition) is 2. The molecule has 3 aliphatic rings. The Kier molecular flexibility index (Phi) is 6.34. The molecule has 1 aliphatic heterocycles. The summed E-state index contributed by atoms with van der Waals surface area (Å²) < 4.78 is 6.07. The van der Waals surface area contributed by atoms with Crippen LogP contribution >= 0.6 is 11.6 Å². The first-order valence-corrected chi connectivity index (χ1v) is 12.4. The van der Waals surface area contributed by atoms with Gasteiger partial charge in [0.2, 0.25) is 5.79 Å². The number of hydrogen-bond acceptors (Lipinski definition) is 6. The van der Waals surface area contributed by atoms with Crippen LogP contribution in [0.3, 0.4) is 0 Å². The molecule has 2 aliphatic carbocycles. The molecule has 1 spiro atoms. The Hall–Kier alpha value is -1.44. The number of pyridine rings is 1. The monoisotopic (exact) mass is 459 g/mol. The lowest BCUT2D eigenvalue weighted by atomic mass is 9.86. The molecule has 1 saturated heterocycles. The predicted molar refractivity (Wildman–Crippen MR) is 127 cm³/mol. The van der Waals surface area contributed by atoms with Crippen molar-refractivity contribution in [1.82, 2.24) is 10.3 Å². The van der Waals surface area contributed by atoms with Crippen LogP contribution < -0.4 is 10.6 Å². The van der Waals surface area contributed by atoms with E-state index in [1.165, 1.54) is 25.7 Å². The Labute approximate surface area is 195 Å². The van der Waals surface area contributed by atoms with E-state index in [2.05, 4.69) is 27.8 Å². The molecule has 6 nitrogen and oxygen atoms in total. The smallest absolute Gasteiger partial charge is 0.201 e. The third kappa shape index (κ3) is 5.05. The second-order valence-corrected chi connectivity index (χ2v) is 10.7. The minimum atomic E-state index is -0.535. The highest BCUT2D eigenvalue weighted by atomic mass is 35.5. The molecule has 2 aromatic rings. The lowest BCUT2D eigenvalue weighted by Crippen LogP contribution is -2.53. The fourth-order valence-corrected chi connectivity index (χ4v) is 5.37. The summed E-state index contributed by atoms with van der Waals surface area (Å²) in [4.78, 5) is 15.7. The van der Waals surface area contributed by atoms with Gasteiger partial charge in [0.15, 0.2) is 0 Å². The topological polar surface area (TPSA) is 64.6 Å². The molecular formula is C25H34ClN3O3. The second kappa shape index (κ2) is 9.07. The van der Waals surface area contributed by atoms with E-state index in [9.17, 15) is 0 Å². The molecule has 0 bridgehead atoms. The van der Waals surface area contributed by atoms with Crippen molar-refractivity contribution in [2.45, 2.75) is 94.7 Å². The van der Waals surface area contributed by atoms with Crippen LogP contribution in [0.4, 0.5) is 5.69 Å². The van der Waals surface area contributed by atoms with Crippen LogP contribution in [-0.4, -0.2) is 41.1 Å². The zero-order chi connectivity index (χ0) is 22.2. The number of nitrogens with zero attached hydrogens (tertiary/aromatic N) is 1. The van der Waals surface area contributed by atoms with Crippen LogP contribution in [0.2, 0.25) is 5.02 Å². The largest absolute Gasteiger partial charge is 0.382 e. The van der Waals surface area contributed by atoms with Gasteiger partial charge in [-0.05, 0) is 76.6 Å². The number of rotatable bonds is 4. The van der Waals surface area contributed by atoms with Crippen molar-refractivity contribution < 1.29 is 14.5 Å². The Morgan fingerprint density at radius 3 is 2.38 bits per heavy atom. The van der Waals surface area contributed by atoms with Crippen molar-refractivity contribution in [2.24, 2.45) is 0 Å². The Morgan fingerprint density at radius 2 is 1.66 bits per heavy atom. The van der Waals surface area contributed by atoms with Crippen molar-refractivity contribution in [3.05, 3.63) is 35.5 Å². The Morgan fingerprint density at radius 1 is 0.938 bits per heavy atom. The number of anilines is 1. The summed E-state index contributed by atoms with van der Waals surface area (Å²) in [5.41, 5.74) is 1.73. The predicted octanol–water partition coefficient (Wildman–Crippen LogP) is 5.60. The third-order valence-electron chi connectivity index (χ3n) is 7.11. The zero-order valence-electron chi connectivity index (χ0n) is 19.0. The first-order valence-electron chi connectivity index (χ1n) is 12.0. The Bertz CT molecular complexity index is 925. The lowest BCUT2D eigenvalue weighted by molar-refractivity contribution is -0.511. The molecule has 174 valence electrons. The van der Waals surface area contributed by atoms with Gasteiger partial charge in [-0.2, -0.15) is 0 Å². The van der Waals surface area contributed by atoms with E-state index in [4.69, 9.17) is 26.1 Å². The van der Waals surface area contributed by atoms with E-state index in [0.29, 0.717) is 24.7 Å². The maximum absolute atomic E-state index is 6.13. The molecule has 2 heterocycles. The first-order chi connectivity index (χ1) is 15.4. The zero-order valence-corrected chi connectivity index (χ0v) is 19.8. The highest BCUT2D eigenvalue weighted by molar-refractivity contribution is 6.31. The van der Waals surface area contributed by atoms with Gasteiger partial charge in [-0.25, -0.2) is 9.78 Å². The number of aromatic nitrogens is 1. The number of nitrogens with one attached hydrogen (secondary N) is 2. The molecule has 3 fully saturated rings. The average molecular weight is 460 g/mol. The van der Waals surface area contributed by atoms with Gasteiger partial charge in [0.05, 0.1) is 12.1 Å². The molecule has 0 unspecified atom stereocenters. The van der Waals surface area contributed by atoms with E-state index in [1.54, 1.807) is 0 Å². The fraction of sp³-hybridized carbons (Fsp3) is 0.640. The van der Waals surface area contributed by atoms with Gasteiger partial charge in [0.25, 0.3) is 0 Å². The molecule has 0 atom stereocenters. The van der Waals surface area contributed by atoms with Crippen molar-refractivity contribution in [3.8, 4) is 0 Å². The van der Waals surface area contributed by atoms with E-state index < -0.39 is 5.79 Å². The summed E-state index contributed by atoms with van der Waals surface area (Å²) in [5.74, 6) is -0.535. The summed E-state index contributed by atoms with van der Waals surface area (Å²) in [6.07, 6.45) is 10.5. The molecule has 32 heavy (non-hydrogen) atoms. The van der Waals surface area contributed by atoms with Crippen molar-refractivity contribution >= 4 is 28.2 Å². The number of benzene rings is 1. The van der Waals surface area contributed by atoms with Crippen LogP contribution in [-0.2, 0) is 14.5 Å². The summed E-state index contributed by atoms with van der Waals surface area (Å²) in [6.45, 7) is 4.57. The molecule has 2 saturated carbocycles. The van der Waals surface area contributed by atoms with Gasteiger partial charge < -0.3 is 15.4 Å². The van der Waals surface area contributed by atoms with Gasteiger partial charge in [-0.3, -0.25) is 4.98 Å². The molecule has 1 aromatic carbocycles. The molecule has 2 N–H and O–H groups in total. The van der Waals surface area contributed by atoms with Gasteiger partial charge >= 0.3 is 0 Å². The first kappa shape index (κ1) is 22.4. The maximum atomic E-state index is 6.13. The molecular weight excluding hydrogens is 426 g/mol. The van der Waals surface area contributed by atoms with Crippen LogP contribution in [0.25, 0.3) is 10.9 Å². The van der Waals surface area contributed by atoms with E-state index in [-0.39, 0.29) is 5.60 Å². The fourth-order valence-electron chi connectivity index (χ4n) is 5.20. The van der Waals surface area contributed by atoms with Crippen molar-refractivity contribution in [3.63, 3.8) is 0 Å². The lowest BCUT2D eigenvalue weighted by Gasteiger charge is -2.45. The van der Waals surface area contributed by atoms with Crippen molar-refractivity contribution in [2.75, 3.05) is 11.9 Å². The van der Waals surface area contributed by atoms with Crippen LogP contribution in [0.5, 0.6) is 0 Å². The molecule has 0 amide bonds. The molecule has 0 radical (unpaired) electrons.